The van der Waals surface area contributed by atoms with Crippen molar-refractivity contribution in [1.82, 2.24) is 20.5 Å². The Balaban J connectivity index is 1.52. The molecule has 32 heavy (non-hydrogen) atoms. The number of nitrogens with one attached hydrogen (secondary N) is 2. The third-order valence-electron chi connectivity index (χ3n) is 5.21. The zero-order valence-electron chi connectivity index (χ0n) is 17.8. The Morgan fingerprint density at radius 2 is 2.03 bits per heavy atom. The van der Waals surface area contributed by atoms with Crippen LogP contribution in [0, 0.1) is 0 Å². The van der Waals surface area contributed by atoms with Gasteiger partial charge in [0.1, 0.15) is 5.75 Å². The lowest BCUT2D eigenvalue weighted by Gasteiger charge is -2.23. The first-order valence-electron chi connectivity index (χ1n) is 10.4. The van der Waals surface area contributed by atoms with Crippen molar-refractivity contribution in [1.29, 1.82) is 0 Å². The maximum Gasteiger partial charge on any atom is 0.322 e. The number of aliphatic hydroxyl groups excluding tert-OH is 1. The second-order valence-corrected chi connectivity index (χ2v) is 7.28. The number of amides is 2. The number of aliphatic hydroxyl groups is 1. The quantitative estimate of drug-likeness (QED) is 0.394. The Morgan fingerprint density at radius 3 is 2.81 bits per heavy atom. The van der Waals surface area contributed by atoms with Crippen LogP contribution < -0.4 is 15.0 Å². The molecule has 2 aromatic heterocycles. The maximum atomic E-state index is 13.0. The zero-order chi connectivity index (χ0) is 22.3. The van der Waals surface area contributed by atoms with Gasteiger partial charge in [0.05, 0.1) is 13.3 Å². The molecule has 0 saturated carbocycles. The number of urea groups is 1. The number of nitrogens with zero attached hydrogens (tertiary/aromatic N) is 3. The van der Waals surface area contributed by atoms with E-state index in [1.807, 2.05) is 54.6 Å². The van der Waals surface area contributed by atoms with E-state index in [9.17, 15) is 9.90 Å². The second-order valence-electron chi connectivity index (χ2n) is 7.28. The SMILES string of the molecule is COc1cccc(CNC(=O)N(CCCO)c2ccc(-c3ccnc4[nH]ncc34)cc2)c1. The molecule has 0 saturated heterocycles. The fourth-order valence-corrected chi connectivity index (χ4v) is 3.56. The monoisotopic (exact) mass is 431 g/mol. The molecule has 0 spiro atoms. The standard InChI is InChI=1S/C24H25N5O3/c1-32-20-5-2-4-17(14-20)15-26-24(31)29(12-3-13-30)19-8-6-18(7-9-19)21-10-11-25-23-22(21)16-27-28-23/h2,4-11,14,16,30H,3,12-13,15H2,1H3,(H,26,31)(H,25,27,28). The van der Waals surface area contributed by atoms with Gasteiger partial charge in [0.2, 0.25) is 0 Å². The minimum absolute atomic E-state index is 0.00718. The summed E-state index contributed by atoms with van der Waals surface area (Å²) in [6, 6.07) is 17.0. The number of benzene rings is 2. The van der Waals surface area contributed by atoms with Crippen molar-refractivity contribution >= 4 is 22.8 Å². The average molecular weight is 431 g/mol. The van der Waals surface area contributed by atoms with Gasteiger partial charge in [-0.25, -0.2) is 9.78 Å². The van der Waals surface area contributed by atoms with Crippen molar-refractivity contribution in [2.45, 2.75) is 13.0 Å². The molecule has 0 aliphatic heterocycles. The normalized spacial score (nSPS) is 10.8. The number of ether oxygens (including phenoxy) is 1. The van der Waals surface area contributed by atoms with E-state index in [1.165, 1.54) is 0 Å². The molecule has 2 amide bonds. The summed E-state index contributed by atoms with van der Waals surface area (Å²) in [6.45, 7) is 0.785. The van der Waals surface area contributed by atoms with E-state index in [4.69, 9.17) is 4.74 Å². The lowest BCUT2D eigenvalue weighted by atomic mass is 10.0. The molecular formula is C24H25N5O3. The highest BCUT2D eigenvalue weighted by atomic mass is 16.5. The van der Waals surface area contributed by atoms with E-state index >= 15 is 0 Å². The number of rotatable bonds is 8. The Kier molecular flexibility index (Phi) is 6.62. The number of fused-ring (bicyclic) bond motifs is 1. The molecule has 0 aliphatic carbocycles. The van der Waals surface area contributed by atoms with Crippen LogP contribution in [0.1, 0.15) is 12.0 Å². The van der Waals surface area contributed by atoms with Crippen LogP contribution in [0.3, 0.4) is 0 Å². The molecule has 0 aliphatic rings. The highest BCUT2D eigenvalue weighted by Crippen LogP contribution is 2.28. The van der Waals surface area contributed by atoms with Crippen LogP contribution in [0.2, 0.25) is 0 Å². The smallest absolute Gasteiger partial charge is 0.322 e. The molecular weight excluding hydrogens is 406 g/mol. The number of anilines is 1. The van der Waals surface area contributed by atoms with E-state index in [2.05, 4.69) is 20.5 Å². The Hall–Kier alpha value is -3.91. The van der Waals surface area contributed by atoms with Gasteiger partial charge in [0, 0.05) is 37.0 Å². The largest absolute Gasteiger partial charge is 0.497 e. The van der Waals surface area contributed by atoms with Crippen LogP contribution in [0.25, 0.3) is 22.2 Å². The van der Waals surface area contributed by atoms with E-state index in [-0.39, 0.29) is 12.6 Å². The van der Waals surface area contributed by atoms with Gasteiger partial charge in [-0.15, -0.1) is 0 Å². The number of carbonyl (C=O) groups excluding carboxylic acids is 1. The van der Waals surface area contributed by atoms with Gasteiger partial charge in [-0.1, -0.05) is 24.3 Å². The number of H-pyrrole nitrogens is 1. The lowest BCUT2D eigenvalue weighted by molar-refractivity contribution is 0.244. The molecule has 2 aromatic carbocycles. The molecule has 0 atom stereocenters. The summed E-state index contributed by atoms with van der Waals surface area (Å²) in [5.74, 6) is 0.743. The van der Waals surface area contributed by atoms with E-state index < -0.39 is 0 Å². The van der Waals surface area contributed by atoms with Gasteiger partial charge in [-0.05, 0) is 53.4 Å². The summed E-state index contributed by atoms with van der Waals surface area (Å²) in [6.07, 6.45) is 3.98. The molecule has 4 aromatic rings. The molecule has 0 unspecified atom stereocenters. The fraction of sp³-hybridized carbons (Fsp3) is 0.208. The van der Waals surface area contributed by atoms with E-state index in [0.717, 1.165) is 39.2 Å². The number of hydrogen-bond donors (Lipinski definition) is 3. The number of hydrogen-bond acceptors (Lipinski definition) is 5. The molecule has 4 rings (SSSR count). The predicted molar refractivity (Wildman–Crippen MR) is 124 cm³/mol. The lowest BCUT2D eigenvalue weighted by Crippen LogP contribution is -2.40. The van der Waals surface area contributed by atoms with Crippen LogP contribution in [0.15, 0.2) is 67.0 Å². The molecule has 164 valence electrons. The van der Waals surface area contributed by atoms with Crippen molar-refractivity contribution in [2.24, 2.45) is 0 Å². The summed E-state index contributed by atoms with van der Waals surface area (Å²) in [7, 11) is 1.61. The number of pyridine rings is 1. The first kappa shape index (κ1) is 21.3. The van der Waals surface area contributed by atoms with Crippen molar-refractivity contribution in [3.05, 3.63) is 72.6 Å². The number of methoxy groups -OCH3 is 1. The van der Waals surface area contributed by atoms with Gasteiger partial charge in [-0.3, -0.25) is 10.00 Å². The molecule has 0 fully saturated rings. The topological polar surface area (TPSA) is 103 Å². The maximum absolute atomic E-state index is 13.0. The van der Waals surface area contributed by atoms with Gasteiger partial charge < -0.3 is 15.2 Å². The van der Waals surface area contributed by atoms with Gasteiger partial charge in [-0.2, -0.15) is 5.10 Å². The second kappa shape index (κ2) is 9.93. The van der Waals surface area contributed by atoms with Gasteiger partial charge in [0.25, 0.3) is 0 Å². The van der Waals surface area contributed by atoms with Gasteiger partial charge in [0.15, 0.2) is 5.65 Å². The molecule has 0 radical (unpaired) electrons. The Morgan fingerprint density at radius 1 is 1.19 bits per heavy atom. The van der Waals surface area contributed by atoms with Crippen LogP contribution in [-0.4, -0.2) is 46.6 Å². The summed E-state index contributed by atoms with van der Waals surface area (Å²) in [5.41, 5.74) is 4.44. The van der Waals surface area contributed by atoms with Crippen molar-refractivity contribution < 1.29 is 14.6 Å². The van der Waals surface area contributed by atoms with Crippen molar-refractivity contribution in [3.8, 4) is 16.9 Å². The van der Waals surface area contributed by atoms with Crippen LogP contribution in [0.5, 0.6) is 5.75 Å². The van der Waals surface area contributed by atoms with Crippen LogP contribution in [-0.2, 0) is 6.54 Å². The number of aromatic amines is 1. The third-order valence-corrected chi connectivity index (χ3v) is 5.21. The minimum atomic E-state index is -0.227. The minimum Gasteiger partial charge on any atom is -0.497 e. The van der Waals surface area contributed by atoms with Crippen LogP contribution in [0.4, 0.5) is 10.5 Å². The van der Waals surface area contributed by atoms with E-state index in [1.54, 1.807) is 24.4 Å². The van der Waals surface area contributed by atoms with Crippen molar-refractivity contribution in [2.75, 3.05) is 25.2 Å². The first-order valence-corrected chi connectivity index (χ1v) is 10.4. The average Bonchev–Trinajstić information content (AvgIpc) is 3.33. The summed E-state index contributed by atoms with van der Waals surface area (Å²) >= 11 is 0. The third kappa shape index (κ3) is 4.70. The predicted octanol–water partition coefficient (Wildman–Crippen LogP) is 3.73. The molecule has 2 heterocycles. The fourth-order valence-electron chi connectivity index (χ4n) is 3.56. The highest BCUT2D eigenvalue weighted by molar-refractivity contribution is 5.94. The zero-order valence-corrected chi connectivity index (χ0v) is 17.8. The molecule has 8 heteroatoms. The summed E-state index contributed by atoms with van der Waals surface area (Å²) in [5, 5.41) is 20.1. The highest BCUT2D eigenvalue weighted by Gasteiger charge is 2.16. The first-order chi connectivity index (χ1) is 15.7. The summed E-state index contributed by atoms with van der Waals surface area (Å²) < 4.78 is 5.24. The van der Waals surface area contributed by atoms with E-state index in [0.29, 0.717) is 19.5 Å². The van der Waals surface area contributed by atoms with Crippen LogP contribution >= 0.6 is 0 Å². The Bertz CT molecular complexity index is 1190. The summed E-state index contributed by atoms with van der Waals surface area (Å²) in [4.78, 5) is 18.9. The molecule has 3 N–H and O–H groups in total. The number of carbonyl (C=O) groups is 1. The van der Waals surface area contributed by atoms with Crippen molar-refractivity contribution in [3.63, 3.8) is 0 Å². The molecule has 8 nitrogen and oxygen atoms in total. The number of aromatic nitrogens is 3. The Labute approximate surface area is 185 Å². The molecule has 0 bridgehead atoms. The van der Waals surface area contributed by atoms with Gasteiger partial charge >= 0.3 is 6.03 Å².